The topological polar surface area (TPSA) is 34.1 Å². The molecule has 1 saturated heterocycles. The van der Waals surface area contributed by atoms with Gasteiger partial charge in [0.1, 0.15) is 4.16 Å². The molecule has 2 nitrogen and oxygen atoms in total. The van der Waals surface area contributed by atoms with Crippen molar-refractivity contribution in [1.29, 1.82) is 0 Å². The zero-order chi connectivity index (χ0) is 7.07. The van der Waals surface area contributed by atoms with Crippen LogP contribution in [-0.4, -0.2) is 23.2 Å². The first-order valence-corrected chi connectivity index (χ1v) is 6.08. The second-order valence-corrected chi connectivity index (χ2v) is 7.03. The molecule has 9 heavy (non-hydrogen) atoms. The molecule has 2 atom stereocenters. The third kappa shape index (κ3) is 1.49. The lowest BCUT2D eigenvalue weighted by Gasteiger charge is -2.01. The fraction of sp³-hybridized carbons (Fsp3) is 1.00. The fourth-order valence-corrected chi connectivity index (χ4v) is 4.48. The second kappa shape index (κ2) is 2.51. The molecule has 1 heterocycles. The second-order valence-electron chi connectivity index (χ2n) is 2.02. The standard InChI is InChI=1S/C4H6Br2O2S/c5-3-1-2-9(7,8)4(3)6/h3-4H,1-2H2/t3-,4-/m1/s1. The number of halogens is 2. The minimum Gasteiger partial charge on any atom is -0.228 e. The maximum Gasteiger partial charge on any atom is 0.164 e. The molecule has 1 aliphatic heterocycles. The zero-order valence-corrected chi connectivity index (χ0v) is 8.54. The molecule has 0 spiro atoms. The molecule has 0 amide bonds. The summed E-state index contributed by atoms with van der Waals surface area (Å²) >= 11 is 6.34. The average Bonchev–Trinajstić information content (AvgIpc) is 1.97. The van der Waals surface area contributed by atoms with E-state index in [1.54, 1.807) is 0 Å². The van der Waals surface area contributed by atoms with Crippen molar-refractivity contribution in [3.05, 3.63) is 0 Å². The molecule has 54 valence electrons. The van der Waals surface area contributed by atoms with Gasteiger partial charge in [-0.3, -0.25) is 0 Å². The molecule has 0 bridgehead atoms. The average molecular weight is 278 g/mol. The van der Waals surface area contributed by atoms with Gasteiger partial charge in [0.2, 0.25) is 0 Å². The van der Waals surface area contributed by atoms with Crippen molar-refractivity contribution in [2.24, 2.45) is 0 Å². The van der Waals surface area contributed by atoms with Crippen LogP contribution in [-0.2, 0) is 9.84 Å². The molecule has 0 aromatic rings. The van der Waals surface area contributed by atoms with Crippen LogP contribution in [0.2, 0.25) is 0 Å². The summed E-state index contributed by atoms with van der Waals surface area (Å²) in [5.74, 6) is 0.304. The van der Waals surface area contributed by atoms with E-state index in [4.69, 9.17) is 0 Å². The van der Waals surface area contributed by atoms with Crippen molar-refractivity contribution < 1.29 is 8.42 Å². The van der Waals surface area contributed by atoms with E-state index in [9.17, 15) is 8.42 Å². The lowest BCUT2D eigenvalue weighted by Crippen LogP contribution is -2.13. The van der Waals surface area contributed by atoms with E-state index >= 15 is 0 Å². The molecule has 0 radical (unpaired) electrons. The summed E-state index contributed by atoms with van der Waals surface area (Å²) in [6.07, 6.45) is 0.720. The van der Waals surface area contributed by atoms with E-state index in [1.807, 2.05) is 0 Å². The highest BCUT2D eigenvalue weighted by Crippen LogP contribution is 2.30. The molecule has 0 aliphatic carbocycles. The molecule has 1 fully saturated rings. The number of alkyl halides is 2. The van der Waals surface area contributed by atoms with Crippen molar-refractivity contribution in [1.82, 2.24) is 0 Å². The van der Waals surface area contributed by atoms with E-state index in [0.717, 1.165) is 6.42 Å². The summed E-state index contributed by atoms with van der Waals surface area (Å²) in [4.78, 5) is 0.0995. The van der Waals surface area contributed by atoms with Gasteiger partial charge in [-0.05, 0) is 6.42 Å². The van der Waals surface area contributed by atoms with Gasteiger partial charge in [0.05, 0.1) is 5.75 Å². The molecule has 1 rings (SSSR count). The molecular weight excluding hydrogens is 272 g/mol. The van der Waals surface area contributed by atoms with Gasteiger partial charge < -0.3 is 0 Å². The minimum atomic E-state index is -2.80. The van der Waals surface area contributed by atoms with Crippen molar-refractivity contribution >= 4 is 41.7 Å². The highest BCUT2D eigenvalue weighted by Gasteiger charge is 2.36. The Hall–Kier alpha value is 0.910. The molecule has 1 aliphatic rings. The van der Waals surface area contributed by atoms with Crippen LogP contribution in [0.3, 0.4) is 0 Å². The lowest BCUT2D eigenvalue weighted by molar-refractivity contribution is 0.601. The van der Waals surface area contributed by atoms with E-state index in [1.165, 1.54) is 0 Å². The van der Waals surface area contributed by atoms with Gasteiger partial charge in [-0.1, -0.05) is 31.9 Å². The number of sulfone groups is 1. The van der Waals surface area contributed by atoms with Gasteiger partial charge in [-0.2, -0.15) is 0 Å². The Kier molecular flexibility index (Phi) is 2.23. The Labute approximate surface area is 71.2 Å². The Bertz CT molecular complexity index is 199. The largest absolute Gasteiger partial charge is 0.228 e. The fourth-order valence-electron chi connectivity index (χ4n) is 0.745. The first-order chi connectivity index (χ1) is 4.04. The molecular formula is C4H6Br2O2S. The lowest BCUT2D eigenvalue weighted by atomic mass is 10.4. The number of hydrogen-bond acceptors (Lipinski definition) is 2. The summed E-state index contributed by atoms with van der Waals surface area (Å²) in [5.41, 5.74) is 0. The summed E-state index contributed by atoms with van der Waals surface area (Å²) in [6, 6.07) is 0. The molecule has 0 saturated carbocycles. The Morgan fingerprint density at radius 3 is 2.00 bits per heavy atom. The smallest absolute Gasteiger partial charge is 0.164 e. The zero-order valence-electron chi connectivity index (χ0n) is 4.55. The summed E-state index contributed by atoms with van der Waals surface area (Å²) in [5, 5.41) is 0. The summed E-state index contributed by atoms with van der Waals surface area (Å²) in [7, 11) is -2.80. The van der Waals surface area contributed by atoms with Gasteiger partial charge in [-0.15, -0.1) is 0 Å². The van der Waals surface area contributed by atoms with Gasteiger partial charge >= 0.3 is 0 Å². The normalized spacial score (nSPS) is 41.1. The first kappa shape index (κ1) is 8.01. The predicted molar refractivity (Wildman–Crippen MR) is 43.8 cm³/mol. The highest BCUT2D eigenvalue weighted by atomic mass is 79.9. The van der Waals surface area contributed by atoms with Crippen LogP contribution in [0, 0.1) is 0 Å². The third-order valence-electron chi connectivity index (χ3n) is 1.31. The Morgan fingerprint density at radius 2 is 1.89 bits per heavy atom. The van der Waals surface area contributed by atoms with Crippen LogP contribution in [0.15, 0.2) is 0 Å². The molecule has 0 aromatic carbocycles. The Balaban J connectivity index is 2.87. The first-order valence-electron chi connectivity index (χ1n) is 2.54. The summed E-state index contributed by atoms with van der Waals surface area (Å²) < 4.78 is 21.4. The molecule has 5 heteroatoms. The monoisotopic (exact) mass is 276 g/mol. The van der Waals surface area contributed by atoms with Gasteiger partial charge in [0.25, 0.3) is 0 Å². The molecule has 0 N–H and O–H groups in total. The van der Waals surface area contributed by atoms with Crippen molar-refractivity contribution in [3.8, 4) is 0 Å². The van der Waals surface area contributed by atoms with Crippen LogP contribution >= 0.6 is 31.9 Å². The van der Waals surface area contributed by atoms with E-state index in [0.29, 0.717) is 5.75 Å². The van der Waals surface area contributed by atoms with Gasteiger partial charge in [-0.25, -0.2) is 8.42 Å². The molecule has 0 unspecified atom stereocenters. The van der Waals surface area contributed by atoms with Crippen molar-refractivity contribution in [2.75, 3.05) is 5.75 Å². The predicted octanol–water partition coefficient (Wildman–Crippen LogP) is 1.29. The van der Waals surface area contributed by atoms with Crippen LogP contribution in [0.1, 0.15) is 6.42 Å². The maximum atomic E-state index is 10.9. The summed E-state index contributed by atoms with van der Waals surface area (Å²) in [6.45, 7) is 0. The quantitative estimate of drug-likeness (QED) is 0.626. The third-order valence-corrected chi connectivity index (χ3v) is 7.52. The highest BCUT2D eigenvalue weighted by molar-refractivity contribution is 9.13. The van der Waals surface area contributed by atoms with E-state index in [2.05, 4.69) is 31.9 Å². The van der Waals surface area contributed by atoms with Crippen molar-refractivity contribution in [3.63, 3.8) is 0 Å². The van der Waals surface area contributed by atoms with Crippen molar-refractivity contribution in [2.45, 2.75) is 15.4 Å². The molecule has 0 aromatic heterocycles. The minimum absolute atomic E-state index is 0.0995. The van der Waals surface area contributed by atoms with Gasteiger partial charge in [0, 0.05) is 4.83 Å². The Morgan fingerprint density at radius 1 is 1.33 bits per heavy atom. The van der Waals surface area contributed by atoms with E-state index in [-0.39, 0.29) is 8.99 Å². The van der Waals surface area contributed by atoms with Crippen LogP contribution in [0.25, 0.3) is 0 Å². The SMILES string of the molecule is O=S1(=O)CC[C@@H](Br)[C@@H]1Br. The van der Waals surface area contributed by atoms with Crippen LogP contribution in [0.5, 0.6) is 0 Å². The number of hydrogen-bond donors (Lipinski definition) is 0. The van der Waals surface area contributed by atoms with Gasteiger partial charge in [0.15, 0.2) is 9.84 Å². The van der Waals surface area contributed by atoms with E-state index < -0.39 is 9.84 Å². The van der Waals surface area contributed by atoms with Crippen LogP contribution in [0.4, 0.5) is 0 Å². The number of rotatable bonds is 0. The van der Waals surface area contributed by atoms with Crippen LogP contribution < -0.4 is 0 Å². The maximum absolute atomic E-state index is 10.9.